The standard InChI is InChI=1S/C42H56O6/c1-28(16-13-17-29(2)20-21-42-40(8,9)26-35(46-32(5)43)27-41(42,10)48-42)14-11-12-15-30(3)22-37-33(24-38(45)47-37)18-19-36-31(4)23-34(44)25-39(36,6)7/h11-17,20-24,34-36,44H,18-19,25-27H2,1-10H3/b12-11+,16-13+,21-20+,28-14+,29-17+,30-15+,37-22-/t34-,35-,36-,41+,42-/m0/s1. The third-order valence-corrected chi connectivity index (χ3v) is 10.5. The number of hydrogen-bond acceptors (Lipinski definition) is 6. The van der Waals surface area contributed by atoms with E-state index in [4.69, 9.17) is 14.2 Å². The van der Waals surface area contributed by atoms with Gasteiger partial charge in [-0.05, 0) is 89.4 Å². The van der Waals surface area contributed by atoms with Crippen LogP contribution in [0, 0.1) is 16.7 Å². The molecule has 260 valence electrons. The Morgan fingerprint density at radius 3 is 2.23 bits per heavy atom. The third-order valence-electron chi connectivity index (χ3n) is 10.5. The van der Waals surface area contributed by atoms with Crippen LogP contribution in [-0.2, 0) is 23.8 Å². The maximum Gasteiger partial charge on any atom is 0.336 e. The third kappa shape index (κ3) is 8.75. The van der Waals surface area contributed by atoms with Crippen molar-refractivity contribution in [2.75, 3.05) is 0 Å². The van der Waals surface area contributed by atoms with Crippen molar-refractivity contribution in [2.45, 2.75) is 125 Å². The number of epoxide rings is 1. The normalized spacial score (nSPS) is 32.9. The van der Waals surface area contributed by atoms with E-state index in [2.05, 4.69) is 85.8 Å². The molecule has 1 N–H and O–H groups in total. The fourth-order valence-corrected chi connectivity index (χ4v) is 8.17. The molecule has 1 saturated carbocycles. The molecule has 6 nitrogen and oxygen atoms in total. The lowest BCUT2D eigenvalue weighted by Gasteiger charge is -2.40. The maximum atomic E-state index is 12.1. The molecule has 0 unspecified atom stereocenters. The van der Waals surface area contributed by atoms with E-state index in [1.54, 1.807) is 6.08 Å². The molecule has 2 fully saturated rings. The number of ether oxygens (including phenoxy) is 3. The second-order valence-electron chi connectivity index (χ2n) is 15.8. The fraction of sp³-hybridized carbons (Fsp3) is 0.524. The zero-order valence-electron chi connectivity index (χ0n) is 30.7. The molecule has 0 aromatic heterocycles. The number of allylic oxidation sites excluding steroid dienone is 14. The predicted octanol–water partition coefficient (Wildman–Crippen LogP) is 9.27. The van der Waals surface area contributed by atoms with Gasteiger partial charge in [-0.15, -0.1) is 0 Å². The molecule has 0 bridgehead atoms. The zero-order chi connectivity index (χ0) is 35.5. The Hall–Kier alpha value is -3.48. The van der Waals surface area contributed by atoms with Crippen LogP contribution in [0.15, 0.2) is 107 Å². The molecule has 5 atom stereocenters. The highest BCUT2D eigenvalue weighted by Gasteiger charge is 2.75. The minimum atomic E-state index is -0.386. The summed E-state index contributed by atoms with van der Waals surface area (Å²) in [4.78, 5) is 23.7. The van der Waals surface area contributed by atoms with Gasteiger partial charge in [-0.1, -0.05) is 99.1 Å². The summed E-state index contributed by atoms with van der Waals surface area (Å²) < 4.78 is 17.4. The molecule has 0 aromatic carbocycles. The molecule has 2 heterocycles. The van der Waals surface area contributed by atoms with E-state index >= 15 is 0 Å². The molecule has 2 aliphatic heterocycles. The Morgan fingerprint density at radius 1 is 0.938 bits per heavy atom. The Kier molecular flexibility index (Phi) is 11.3. The van der Waals surface area contributed by atoms with Gasteiger partial charge in [0.2, 0.25) is 0 Å². The van der Waals surface area contributed by atoms with Gasteiger partial charge in [0.05, 0.1) is 6.10 Å². The number of rotatable bonds is 11. The maximum absolute atomic E-state index is 12.1. The van der Waals surface area contributed by atoms with E-state index < -0.39 is 0 Å². The Balaban J connectivity index is 1.30. The van der Waals surface area contributed by atoms with Crippen LogP contribution >= 0.6 is 0 Å². The largest absolute Gasteiger partial charge is 0.462 e. The Labute approximate surface area is 288 Å². The molecule has 0 spiro atoms. The second kappa shape index (κ2) is 14.6. The average molecular weight is 657 g/mol. The molecule has 48 heavy (non-hydrogen) atoms. The first-order valence-electron chi connectivity index (χ1n) is 17.3. The number of hydrogen-bond donors (Lipinski definition) is 1. The average Bonchev–Trinajstić information content (AvgIpc) is 3.43. The van der Waals surface area contributed by atoms with Gasteiger partial charge in [-0.3, -0.25) is 4.79 Å². The molecule has 0 radical (unpaired) electrons. The first-order chi connectivity index (χ1) is 22.4. The first kappa shape index (κ1) is 37.3. The van der Waals surface area contributed by atoms with Crippen molar-refractivity contribution in [3.05, 3.63) is 107 Å². The summed E-state index contributed by atoms with van der Waals surface area (Å²) in [6.07, 6.45) is 27.5. The Bertz CT molecular complexity index is 1550. The Morgan fingerprint density at radius 2 is 1.58 bits per heavy atom. The number of carbonyl (C=O) groups excluding carboxylic acids is 2. The number of carbonyl (C=O) groups is 2. The molecular formula is C42H56O6. The van der Waals surface area contributed by atoms with Crippen molar-refractivity contribution in [2.24, 2.45) is 16.7 Å². The second-order valence-corrected chi connectivity index (χ2v) is 15.8. The molecule has 6 heteroatoms. The summed E-state index contributed by atoms with van der Waals surface area (Å²) in [5.74, 6) is 0.416. The van der Waals surface area contributed by atoms with Gasteiger partial charge in [0.15, 0.2) is 0 Å². The molecule has 4 aliphatic rings. The van der Waals surface area contributed by atoms with Crippen LogP contribution in [-0.4, -0.2) is 40.5 Å². The monoisotopic (exact) mass is 656 g/mol. The van der Waals surface area contributed by atoms with Gasteiger partial charge < -0.3 is 19.3 Å². The van der Waals surface area contributed by atoms with Crippen molar-refractivity contribution in [3.8, 4) is 0 Å². The summed E-state index contributed by atoms with van der Waals surface area (Å²) >= 11 is 0. The van der Waals surface area contributed by atoms with Crippen molar-refractivity contribution in [1.82, 2.24) is 0 Å². The van der Waals surface area contributed by atoms with Crippen LogP contribution in [0.4, 0.5) is 0 Å². The molecule has 0 amide bonds. The number of esters is 2. The van der Waals surface area contributed by atoms with Crippen LogP contribution in [0.2, 0.25) is 0 Å². The lowest BCUT2D eigenvalue weighted by atomic mass is 9.63. The number of aliphatic hydroxyl groups is 1. The summed E-state index contributed by atoms with van der Waals surface area (Å²) in [5.41, 5.74) is 4.53. The fourth-order valence-electron chi connectivity index (χ4n) is 8.17. The van der Waals surface area contributed by atoms with E-state index in [9.17, 15) is 14.7 Å². The summed E-state index contributed by atoms with van der Waals surface area (Å²) in [6.45, 7) is 20.6. The van der Waals surface area contributed by atoms with Gasteiger partial charge in [0, 0.05) is 30.4 Å². The topological polar surface area (TPSA) is 85.4 Å². The molecule has 4 rings (SSSR count). The number of aliphatic hydroxyl groups excluding tert-OH is 1. The first-order valence-corrected chi connectivity index (χ1v) is 17.3. The quantitative estimate of drug-likeness (QED) is 0.103. The minimum absolute atomic E-state index is 0.000158. The molecule has 1 saturated heterocycles. The van der Waals surface area contributed by atoms with Gasteiger partial charge in [0.1, 0.15) is 23.1 Å². The van der Waals surface area contributed by atoms with Gasteiger partial charge in [-0.25, -0.2) is 4.79 Å². The van der Waals surface area contributed by atoms with E-state index in [0.29, 0.717) is 18.1 Å². The zero-order valence-corrected chi connectivity index (χ0v) is 30.7. The number of cyclic esters (lactones) is 1. The van der Waals surface area contributed by atoms with Crippen LogP contribution in [0.3, 0.4) is 0 Å². The van der Waals surface area contributed by atoms with Crippen LogP contribution in [0.5, 0.6) is 0 Å². The summed E-state index contributed by atoms with van der Waals surface area (Å²) in [6, 6.07) is 0. The van der Waals surface area contributed by atoms with E-state index in [1.165, 1.54) is 12.5 Å². The summed E-state index contributed by atoms with van der Waals surface area (Å²) in [7, 11) is 0. The summed E-state index contributed by atoms with van der Waals surface area (Å²) in [5, 5.41) is 10.2. The van der Waals surface area contributed by atoms with Gasteiger partial charge >= 0.3 is 11.9 Å². The van der Waals surface area contributed by atoms with E-state index in [1.807, 2.05) is 43.4 Å². The SMILES string of the molecule is CC(=O)O[C@H]1CC(C)(C)[C@]2(/C=C/C(C)=C/C=C/C(C)=C/C=C/C=C(C)/C=C3\OC(=O)C=C3CC[C@H]3C(C)=C[C@H](O)CC3(C)C)O[C@]2(C)C1. The van der Waals surface area contributed by atoms with Crippen LogP contribution < -0.4 is 0 Å². The van der Waals surface area contributed by atoms with E-state index in [0.717, 1.165) is 48.0 Å². The molecule has 0 aromatic rings. The highest BCUT2D eigenvalue weighted by atomic mass is 16.6. The predicted molar refractivity (Wildman–Crippen MR) is 193 cm³/mol. The smallest absolute Gasteiger partial charge is 0.336 e. The number of fused-ring (bicyclic) bond motifs is 1. The van der Waals surface area contributed by atoms with Crippen molar-refractivity contribution in [1.29, 1.82) is 0 Å². The van der Waals surface area contributed by atoms with Gasteiger partial charge in [-0.2, -0.15) is 0 Å². The highest BCUT2D eigenvalue weighted by Crippen LogP contribution is 2.66. The van der Waals surface area contributed by atoms with Gasteiger partial charge in [0.25, 0.3) is 0 Å². The van der Waals surface area contributed by atoms with Crippen molar-refractivity contribution >= 4 is 11.9 Å². The molecular weight excluding hydrogens is 600 g/mol. The highest BCUT2D eigenvalue weighted by molar-refractivity contribution is 5.88. The van der Waals surface area contributed by atoms with Crippen molar-refractivity contribution < 1.29 is 28.9 Å². The van der Waals surface area contributed by atoms with E-state index in [-0.39, 0.29) is 46.2 Å². The van der Waals surface area contributed by atoms with Crippen LogP contribution in [0.1, 0.15) is 101 Å². The van der Waals surface area contributed by atoms with Crippen LogP contribution in [0.25, 0.3) is 0 Å². The van der Waals surface area contributed by atoms with Crippen molar-refractivity contribution in [3.63, 3.8) is 0 Å². The molecule has 2 aliphatic carbocycles. The minimum Gasteiger partial charge on any atom is -0.462 e. The lowest BCUT2D eigenvalue weighted by molar-refractivity contribution is -0.149. The lowest BCUT2D eigenvalue weighted by Crippen LogP contribution is -2.47.